The molecule has 3 aromatic rings. The van der Waals surface area contributed by atoms with Gasteiger partial charge >= 0.3 is 6.03 Å². The van der Waals surface area contributed by atoms with Gasteiger partial charge in [0.15, 0.2) is 0 Å². The maximum atomic E-state index is 13.1. The van der Waals surface area contributed by atoms with Gasteiger partial charge in [-0.1, -0.05) is 19.1 Å². The molecule has 1 aliphatic heterocycles. The molecule has 0 bridgehead atoms. The number of urea groups is 1. The van der Waals surface area contributed by atoms with Crippen molar-refractivity contribution in [2.75, 3.05) is 31.5 Å². The van der Waals surface area contributed by atoms with Crippen molar-refractivity contribution < 1.29 is 13.2 Å². The zero-order valence-corrected chi connectivity index (χ0v) is 18.0. The van der Waals surface area contributed by atoms with Crippen molar-refractivity contribution in [3.63, 3.8) is 0 Å². The monoisotopic (exact) mass is 426 g/mol. The number of amides is 2. The van der Waals surface area contributed by atoms with Crippen LogP contribution in [0.1, 0.15) is 12.5 Å². The Morgan fingerprint density at radius 3 is 2.37 bits per heavy atom. The zero-order valence-electron chi connectivity index (χ0n) is 17.2. The lowest BCUT2D eigenvalue weighted by molar-refractivity contribution is 0.184. The van der Waals surface area contributed by atoms with E-state index in [2.05, 4.69) is 12.2 Å². The molecule has 2 amide bonds. The summed E-state index contributed by atoms with van der Waals surface area (Å²) < 4.78 is 29.5. The van der Waals surface area contributed by atoms with Crippen molar-refractivity contribution in [1.82, 2.24) is 13.8 Å². The lowest BCUT2D eigenvalue weighted by atomic mass is 10.1. The summed E-state index contributed by atoms with van der Waals surface area (Å²) in [6.45, 7) is 3.34. The molecule has 2 heterocycles. The summed E-state index contributed by atoms with van der Waals surface area (Å²) in [5.74, 6) is 0. The van der Waals surface area contributed by atoms with Crippen molar-refractivity contribution >= 4 is 32.6 Å². The first-order chi connectivity index (χ1) is 14.4. The maximum absolute atomic E-state index is 13.1. The van der Waals surface area contributed by atoms with E-state index in [1.807, 2.05) is 54.2 Å². The molecule has 0 radical (unpaired) electrons. The van der Waals surface area contributed by atoms with Gasteiger partial charge in [0.25, 0.3) is 0 Å². The Morgan fingerprint density at radius 2 is 1.70 bits per heavy atom. The molecule has 8 heteroatoms. The number of rotatable bonds is 4. The Labute approximate surface area is 176 Å². The minimum absolute atomic E-state index is 0.206. The predicted octanol–water partition coefficient (Wildman–Crippen LogP) is 3.28. The highest BCUT2D eigenvalue weighted by molar-refractivity contribution is 7.89. The molecule has 2 aromatic carbocycles. The lowest BCUT2D eigenvalue weighted by Gasteiger charge is -2.34. The third-order valence-electron chi connectivity index (χ3n) is 5.63. The van der Waals surface area contributed by atoms with Crippen LogP contribution in [-0.2, 0) is 23.5 Å². The fourth-order valence-electron chi connectivity index (χ4n) is 3.73. The third-order valence-corrected chi connectivity index (χ3v) is 7.53. The standard InChI is InChI=1S/C22H26N4O3S/c1-3-17-4-6-19(7-5-17)23-22(27)25-12-14-26(15-13-25)30(28,29)20-8-9-21-18(16-20)10-11-24(21)2/h4-11,16H,3,12-15H2,1-2H3,(H,23,27). The molecule has 0 unspecified atom stereocenters. The Bertz CT molecular complexity index is 1160. The summed E-state index contributed by atoms with van der Waals surface area (Å²) in [4.78, 5) is 14.5. The smallest absolute Gasteiger partial charge is 0.321 e. The maximum Gasteiger partial charge on any atom is 0.321 e. The third kappa shape index (κ3) is 3.93. The number of hydrogen-bond donors (Lipinski definition) is 1. The predicted molar refractivity (Wildman–Crippen MR) is 118 cm³/mol. The molecule has 1 fully saturated rings. The second-order valence-corrected chi connectivity index (χ2v) is 9.46. The van der Waals surface area contributed by atoms with Crippen LogP contribution in [0.15, 0.2) is 59.6 Å². The second-order valence-electron chi connectivity index (χ2n) is 7.52. The molecule has 1 aromatic heterocycles. The molecule has 7 nitrogen and oxygen atoms in total. The van der Waals surface area contributed by atoms with E-state index >= 15 is 0 Å². The first-order valence-corrected chi connectivity index (χ1v) is 11.5. The van der Waals surface area contributed by atoms with Crippen LogP contribution in [0, 0.1) is 0 Å². The summed E-state index contributed by atoms with van der Waals surface area (Å²) in [7, 11) is -1.66. The topological polar surface area (TPSA) is 74.7 Å². The molecular formula is C22H26N4O3S. The van der Waals surface area contributed by atoms with Crippen LogP contribution in [0.5, 0.6) is 0 Å². The van der Waals surface area contributed by atoms with E-state index in [1.54, 1.807) is 17.0 Å². The lowest BCUT2D eigenvalue weighted by Crippen LogP contribution is -2.51. The summed E-state index contributed by atoms with van der Waals surface area (Å²) in [6.07, 6.45) is 2.86. The number of anilines is 1. The quantitative estimate of drug-likeness (QED) is 0.696. The first kappa shape index (κ1) is 20.4. The molecule has 0 aliphatic carbocycles. The van der Waals surface area contributed by atoms with Gasteiger partial charge in [0, 0.05) is 56.0 Å². The van der Waals surface area contributed by atoms with E-state index in [0.29, 0.717) is 13.1 Å². The number of piperazine rings is 1. The van der Waals surface area contributed by atoms with Crippen LogP contribution >= 0.6 is 0 Å². The fraction of sp³-hybridized carbons (Fsp3) is 0.318. The SMILES string of the molecule is CCc1ccc(NC(=O)N2CCN(S(=O)(=O)c3ccc4c(ccn4C)c3)CC2)cc1. The summed E-state index contributed by atoms with van der Waals surface area (Å²) in [5.41, 5.74) is 2.94. The molecule has 1 saturated heterocycles. The number of benzene rings is 2. The van der Waals surface area contributed by atoms with Crippen molar-refractivity contribution in [2.45, 2.75) is 18.2 Å². The Kier molecular flexibility index (Phi) is 5.53. The van der Waals surface area contributed by atoms with Crippen molar-refractivity contribution in [3.05, 3.63) is 60.3 Å². The van der Waals surface area contributed by atoms with Crippen LogP contribution in [0.4, 0.5) is 10.5 Å². The highest BCUT2D eigenvalue weighted by atomic mass is 32.2. The average molecular weight is 427 g/mol. The minimum atomic E-state index is -3.59. The number of aromatic nitrogens is 1. The fourth-order valence-corrected chi connectivity index (χ4v) is 5.19. The van der Waals surface area contributed by atoms with Crippen LogP contribution < -0.4 is 5.32 Å². The highest BCUT2D eigenvalue weighted by Crippen LogP contribution is 2.23. The number of sulfonamides is 1. The molecule has 158 valence electrons. The van der Waals surface area contributed by atoms with Crippen molar-refractivity contribution in [1.29, 1.82) is 0 Å². The Morgan fingerprint density at radius 1 is 1.00 bits per heavy atom. The molecule has 0 saturated carbocycles. The van der Waals surface area contributed by atoms with Gasteiger partial charge in [0.2, 0.25) is 10.0 Å². The molecule has 0 spiro atoms. The summed E-state index contributed by atoms with van der Waals surface area (Å²) in [6, 6.07) is 14.6. The van der Waals surface area contributed by atoms with Crippen LogP contribution in [0.3, 0.4) is 0 Å². The highest BCUT2D eigenvalue weighted by Gasteiger charge is 2.30. The van der Waals surface area contributed by atoms with Crippen molar-refractivity contribution in [3.8, 4) is 0 Å². The number of nitrogens with zero attached hydrogens (tertiary/aromatic N) is 3. The van der Waals surface area contributed by atoms with Crippen LogP contribution in [-0.4, -0.2) is 54.4 Å². The molecule has 1 N–H and O–H groups in total. The molecule has 1 aliphatic rings. The van der Waals surface area contributed by atoms with Gasteiger partial charge < -0.3 is 14.8 Å². The van der Waals surface area contributed by atoms with E-state index in [4.69, 9.17) is 0 Å². The van der Waals surface area contributed by atoms with E-state index in [0.717, 1.165) is 23.0 Å². The number of hydrogen-bond acceptors (Lipinski definition) is 3. The van der Waals surface area contributed by atoms with Crippen molar-refractivity contribution in [2.24, 2.45) is 7.05 Å². The van der Waals surface area contributed by atoms with Gasteiger partial charge in [0.1, 0.15) is 0 Å². The summed E-state index contributed by atoms with van der Waals surface area (Å²) >= 11 is 0. The molecule has 30 heavy (non-hydrogen) atoms. The zero-order chi connectivity index (χ0) is 21.3. The molecular weight excluding hydrogens is 400 g/mol. The number of carbonyl (C=O) groups excluding carboxylic acids is 1. The Hall–Kier alpha value is -2.84. The van der Waals surface area contributed by atoms with E-state index in [9.17, 15) is 13.2 Å². The van der Waals surface area contributed by atoms with Gasteiger partial charge in [-0.05, 0) is 48.4 Å². The van der Waals surface area contributed by atoms with E-state index in [1.165, 1.54) is 9.87 Å². The normalized spacial score (nSPS) is 15.5. The minimum Gasteiger partial charge on any atom is -0.351 e. The summed E-state index contributed by atoms with van der Waals surface area (Å²) in [5, 5.41) is 3.78. The number of fused-ring (bicyclic) bond motifs is 1. The van der Waals surface area contributed by atoms with Gasteiger partial charge in [-0.15, -0.1) is 0 Å². The number of nitrogens with one attached hydrogen (secondary N) is 1. The van der Waals surface area contributed by atoms with Gasteiger partial charge in [-0.3, -0.25) is 0 Å². The first-order valence-electron chi connectivity index (χ1n) is 10.1. The van der Waals surface area contributed by atoms with Crippen LogP contribution in [0.2, 0.25) is 0 Å². The number of carbonyl (C=O) groups is 1. The second kappa shape index (κ2) is 8.12. The van der Waals surface area contributed by atoms with Crippen LogP contribution in [0.25, 0.3) is 10.9 Å². The molecule has 0 atom stereocenters. The van der Waals surface area contributed by atoms with Gasteiger partial charge in [0.05, 0.1) is 4.90 Å². The van der Waals surface area contributed by atoms with E-state index < -0.39 is 10.0 Å². The Balaban J connectivity index is 1.40. The van der Waals surface area contributed by atoms with Gasteiger partial charge in [-0.25, -0.2) is 13.2 Å². The average Bonchev–Trinajstić information content (AvgIpc) is 3.14. The number of aryl methyl sites for hydroxylation is 2. The van der Waals surface area contributed by atoms with Gasteiger partial charge in [-0.2, -0.15) is 4.31 Å². The van der Waals surface area contributed by atoms with E-state index in [-0.39, 0.29) is 24.0 Å². The largest absolute Gasteiger partial charge is 0.351 e. The molecule has 4 rings (SSSR count).